The van der Waals surface area contributed by atoms with Gasteiger partial charge in [0, 0.05) is 29.9 Å². The van der Waals surface area contributed by atoms with Crippen LogP contribution in [0.5, 0.6) is 0 Å². The van der Waals surface area contributed by atoms with E-state index in [-0.39, 0.29) is 11.9 Å². The first kappa shape index (κ1) is 14.2. The van der Waals surface area contributed by atoms with E-state index in [2.05, 4.69) is 10.3 Å². The lowest BCUT2D eigenvalue weighted by Crippen LogP contribution is -2.33. The highest BCUT2D eigenvalue weighted by molar-refractivity contribution is 5.98. The van der Waals surface area contributed by atoms with Gasteiger partial charge in [0.1, 0.15) is 0 Å². The molecule has 3 N–H and O–H groups in total. The van der Waals surface area contributed by atoms with Crippen molar-refractivity contribution in [2.45, 2.75) is 6.04 Å². The van der Waals surface area contributed by atoms with Crippen LogP contribution in [0.15, 0.2) is 67.0 Å². The van der Waals surface area contributed by atoms with Crippen LogP contribution < -0.4 is 11.1 Å². The van der Waals surface area contributed by atoms with Crippen molar-refractivity contribution in [1.29, 1.82) is 0 Å². The highest BCUT2D eigenvalue weighted by Gasteiger charge is 2.14. The Hall–Kier alpha value is -2.72. The fourth-order valence-electron chi connectivity index (χ4n) is 2.43. The second-order valence-electron chi connectivity index (χ2n) is 5.11. The molecule has 0 aliphatic rings. The zero-order chi connectivity index (χ0) is 15.4. The average Bonchev–Trinajstić information content (AvgIpc) is 2.59. The number of hydrogen-bond acceptors (Lipinski definition) is 3. The van der Waals surface area contributed by atoms with E-state index in [0.717, 1.165) is 16.3 Å². The number of nitrogens with one attached hydrogen (secondary N) is 1. The van der Waals surface area contributed by atoms with Gasteiger partial charge in [0.05, 0.1) is 6.04 Å². The van der Waals surface area contributed by atoms with Crippen LogP contribution in [0, 0.1) is 0 Å². The number of carbonyl (C=O) groups is 1. The fourth-order valence-corrected chi connectivity index (χ4v) is 2.43. The number of rotatable bonds is 4. The van der Waals surface area contributed by atoms with Crippen LogP contribution in [0.4, 0.5) is 0 Å². The van der Waals surface area contributed by atoms with E-state index < -0.39 is 0 Å². The molecule has 1 unspecified atom stereocenters. The van der Waals surface area contributed by atoms with Crippen molar-refractivity contribution in [3.8, 4) is 0 Å². The number of aromatic nitrogens is 1. The molecule has 22 heavy (non-hydrogen) atoms. The van der Waals surface area contributed by atoms with Crippen molar-refractivity contribution < 1.29 is 4.79 Å². The lowest BCUT2D eigenvalue weighted by Gasteiger charge is -2.17. The third kappa shape index (κ3) is 2.97. The molecule has 4 nitrogen and oxygen atoms in total. The van der Waals surface area contributed by atoms with Crippen LogP contribution in [0.2, 0.25) is 0 Å². The van der Waals surface area contributed by atoms with Gasteiger partial charge in [0.15, 0.2) is 0 Å². The Balaban J connectivity index is 1.83. The second kappa shape index (κ2) is 6.37. The van der Waals surface area contributed by atoms with Crippen molar-refractivity contribution in [3.63, 3.8) is 0 Å². The maximum absolute atomic E-state index is 12.4. The van der Waals surface area contributed by atoms with Gasteiger partial charge in [0.25, 0.3) is 5.91 Å². The van der Waals surface area contributed by atoms with Crippen LogP contribution in [-0.2, 0) is 0 Å². The third-order valence-corrected chi connectivity index (χ3v) is 3.65. The van der Waals surface area contributed by atoms with Gasteiger partial charge >= 0.3 is 0 Å². The molecule has 0 saturated carbocycles. The summed E-state index contributed by atoms with van der Waals surface area (Å²) < 4.78 is 0. The van der Waals surface area contributed by atoms with Gasteiger partial charge in [-0.05, 0) is 29.1 Å². The van der Waals surface area contributed by atoms with Crippen molar-refractivity contribution in [3.05, 3.63) is 78.1 Å². The molecule has 2 aromatic carbocycles. The van der Waals surface area contributed by atoms with Crippen LogP contribution in [-0.4, -0.2) is 17.4 Å². The number of amides is 1. The molecule has 0 saturated heterocycles. The third-order valence-electron chi connectivity index (χ3n) is 3.65. The first-order valence-electron chi connectivity index (χ1n) is 7.17. The van der Waals surface area contributed by atoms with E-state index in [1.807, 2.05) is 48.5 Å². The maximum atomic E-state index is 12.4. The molecule has 110 valence electrons. The van der Waals surface area contributed by atoms with Gasteiger partial charge in [0.2, 0.25) is 0 Å². The Labute approximate surface area is 129 Å². The number of carbonyl (C=O) groups excluding carboxylic acids is 1. The minimum Gasteiger partial charge on any atom is -0.344 e. The minimum atomic E-state index is -0.193. The maximum Gasteiger partial charge on any atom is 0.251 e. The summed E-state index contributed by atoms with van der Waals surface area (Å²) in [4.78, 5) is 16.5. The number of nitrogens with two attached hydrogens (primary N) is 1. The van der Waals surface area contributed by atoms with Crippen LogP contribution in [0.1, 0.15) is 22.0 Å². The number of pyridine rings is 1. The Morgan fingerprint density at radius 2 is 1.91 bits per heavy atom. The molecular formula is C18H17N3O. The van der Waals surface area contributed by atoms with Crippen LogP contribution >= 0.6 is 0 Å². The van der Waals surface area contributed by atoms with E-state index in [4.69, 9.17) is 5.73 Å². The summed E-state index contributed by atoms with van der Waals surface area (Å²) in [6.07, 6.45) is 3.50. The standard InChI is InChI=1S/C18H17N3O/c19-11-17(13-4-2-1-3-5-13)21-18(22)15-6-7-16-12-20-9-8-14(16)10-15/h1-10,12,17H,11,19H2,(H,21,22). The summed E-state index contributed by atoms with van der Waals surface area (Å²) in [6.45, 7) is 0.354. The summed E-state index contributed by atoms with van der Waals surface area (Å²) in [5.74, 6) is -0.127. The molecule has 1 amide bonds. The monoisotopic (exact) mass is 291 g/mol. The first-order valence-corrected chi connectivity index (χ1v) is 7.17. The summed E-state index contributed by atoms with van der Waals surface area (Å²) in [5, 5.41) is 4.99. The van der Waals surface area contributed by atoms with Crippen LogP contribution in [0.25, 0.3) is 10.8 Å². The quantitative estimate of drug-likeness (QED) is 0.776. The molecule has 0 spiro atoms. The molecular weight excluding hydrogens is 274 g/mol. The molecule has 1 atom stereocenters. The predicted octanol–water partition coefficient (Wildman–Crippen LogP) is 2.66. The molecule has 0 fully saturated rings. The van der Waals surface area contributed by atoms with Crippen LogP contribution in [0.3, 0.4) is 0 Å². The molecule has 4 heteroatoms. The average molecular weight is 291 g/mol. The van der Waals surface area contributed by atoms with Crippen molar-refractivity contribution >= 4 is 16.7 Å². The molecule has 1 heterocycles. The fraction of sp³-hybridized carbons (Fsp3) is 0.111. The zero-order valence-electron chi connectivity index (χ0n) is 12.1. The molecule has 0 aliphatic heterocycles. The topological polar surface area (TPSA) is 68.0 Å². The zero-order valence-corrected chi connectivity index (χ0v) is 12.1. The summed E-state index contributed by atoms with van der Waals surface area (Å²) >= 11 is 0. The van der Waals surface area contributed by atoms with E-state index in [1.54, 1.807) is 18.5 Å². The van der Waals surface area contributed by atoms with E-state index in [9.17, 15) is 4.79 Å². The molecule has 3 rings (SSSR count). The predicted molar refractivity (Wildman–Crippen MR) is 87.4 cm³/mol. The van der Waals surface area contributed by atoms with Gasteiger partial charge < -0.3 is 11.1 Å². The number of benzene rings is 2. The molecule has 3 aromatic rings. The lowest BCUT2D eigenvalue weighted by atomic mass is 10.1. The van der Waals surface area contributed by atoms with E-state index in [0.29, 0.717) is 12.1 Å². The van der Waals surface area contributed by atoms with Crippen molar-refractivity contribution in [2.24, 2.45) is 5.73 Å². The SMILES string of the molecule is NCC(NC(=O)c1ccc2cnccc2c1)c1ccccc1. The van der Waals surface area contributed by atoms with Gasteiger partial charge in [-0.15, -0.1) is 0 Å². The van der Waals surface area contributed by atoms with Crippen molar-refractivity contribution in [2.75, 3.05) is 6.54 Å². The Bertz CT molecular complexity index is 786. The molecule has 0 aliphatic carbocycles. The summed E-state index contributed by atoms with van der Waals surface area (Å²) in [7, 11) is 0. The Morgan fingerprint density at radius 1 is 1.09 bits per heavy atom. The smallest absolute Gasteiger partial charge is 0.251 e. The Kier molecular flexibility index (Phi) is 4.12. The Morgan fingerprint density at radius 3 is 2.68 bits per heavy atom. The van der Waals surface area contributed by atoms with Gasteiger partial charge in [-0.2, -0.15) is 0 Å². The van der Waals surface area contributed by atoms with Gasteiger partial charge in [-0.25, -0.2) is 0 Å². The summed E-state index contributed by atoms with van der Waals surface area (Å²) in [6, 6.07) is 17.0. The lowest BCUT2D eigenvalue weighted by molar-refractivity contribution is 0.0938. The van der Waals surface area contributed by atoms with E-state index in [1.165, 1.54) is 0 Å². The molecule has 0 radical (unpaired) electrons. The highest BCUT2D eigenvalue weighted by Crippen LogP contribution is 2.16. The first-order chi connectivity index (χ1) is 10.8. The summed E-state index contributed by atoms with van der Waals surface area (Å²) in [5.41, 5.74) is 7.42. The number of fused-ring (bicyclic) bond motifs is 1. The largest absolute Gasteiger partial charge is 0.344 e. The van der Waals surface area contributed by atoms with Gasteiger partial charge in [-0.3, -0.25) is 9.78 Å². The highest BCUT2D eigenvalue weighted by atomic mass is 16.1. The number of nitrogens with zero attached hydrogens (tertiary/aromatic N) is 1. The normalized spacial score (nSPS) is 12.0. The molecule has 0 bridgehead atoms. The second-order valence-corrected chi connectivity index (χ2v) is 5.11. The van der Waals surface area contributed by atoms with Gasteiger partial charge in [-0.1, -0.05) is 36.4 Å². The molecule has 1 aromatic heterocycles. The van der Waals surface area contributed by atoms with Crippen molar-refractivity contribution in [1.82, 2.24) is 10.3 Å². The minimum absolute atomic E-state index is 0.127. The van der Waals surface area contributed by atoms with E-state index >= 15 is 0 Å². The number of hydrogen-bond donors (Lipinski definition) is 2.